The minimum atomic E-state index is -0.589. The summed E-state index contributed by atoms with van der Waals surface area (Å²) in [5.74, 6) is 0.631. The normalized spacial score (nSPS) is 11.0. The second kappa shape index (κ2) is 7.85. The first-order valence-corrected chi connectivity index (χ1v) is 9.35. The first-order valence-electron chi connectivity index (χ1n) is 8.37. The number of benzene rings is 2. The molecule has 0 saturated carbocycles. The number of hydrogen-bond acceptors (Lipinski definition) is 5. The van der Waals surface area contributed by atoms with Gasteiger partial charge in [-0.1, -0.05) is 17.8 Å². The molecule has 2 aromatic carbocycles. The van der Waals surface area contributed by atoms with Crippen molar-refractivity contribution in [2.75, 3.05) is 7.11 Å². The molecule has 4 aromatic rings. The maximum Gasteiger partial charge on any atom is 0.205 e. The highest BCUT2D eigenvalue weighted by Gasteiger charge is 2.19. The molecule has 0 saturated heterocycles. The zero-order valence-electron chi connectivity index (χ0n) is 14.8. The third-order valence-corrected chi connectivity index (χ3v) is 5.07. The highest BCUT2D eigenvalue weighted by molar-refractivity contribution is 7.98. The Kier molecular flexibility index (Phi) is 5.12. The lowest BCUT2D eigenvalue weighted by atomic mass is 10.2. The zero-order valence-corrected chi connectivity index (χ0v) is 15.6. The summed E-state index contributed by atoms with van der Waals surface area (Å²) in [4.78, 5) is 0. The van der Waals surface area contributed by atoms with Gasteiger partial charge in [0.05, 0.1) is 19.1 Å². The van der Waals surface area contributed by atoms with Crippen LogP contribution >= 0.6 is 11.8 Å². The summed E-state index contributed by atoms with van der Waals surface area (Å²) < 4.78 is 40.4. The number of aromatic nitrogens is 3. The summed E-state index contributed by atoms with van der Waals surface area (Å²) in [5, 5.41) is 8.90. The summed E-state index contributed by atoms with van der Waals surface area (Å²) in [6, 6.07) is 14.7. The largest absolute Gasteiger partial charge is 0.497 e. The van der Waals surface area contributed by atoms with Crippen molar-refractivity contribution < 1.29 is 17.9 Å². The van der Waals surface area contributed by atoms with Crippen molar-refractivity contribution in [2.45, 2.75) is 10.9 Å². The SMILES string of the molecule is COc1ccc(-n2c(SCc3c(F)cccc3F)nnc2-c2ccco2)cc1. The number of ether oxygens (including phenoxy) is 1. The molecule has 142 valence electrons. The van der Waals surface area contributed by atoms with Crippen molar-refractivity contribution in [2.24, 2.45) is 0 Å². The van der Waals surface area contributed by atoms with Crippen LogP contribution < -0.4 is 4.74 Å². The lowest BCUT2D eigenvalue weighted by Gasteiger charge is -2.10. The van der Waals surface area contributed by atoms with E-state index in [0.29, 0.717) is 22.5 Å². The van der Waals surface area contributed by atoms with E-state index >= 15 is 0 Å². The van der Waals surface area contributed by atoms with Gasteiger partial charge in [0.2, 0.25) is 5.82 Å². The van der Waals surface area contributed by atoms with Crippen molar-refractivity contribution in [3.63, 3.8) is 0 Å². The molecule has 2 aromatic heterocycles. The van der Waals surface area contributed by atoms with E-state index in [1.807, 2.05) is 24.3 Å². The van der Waals surface area contributed by atoms with E-state index < -0.39 is 11.6 Å². The first-order chi connectivity index (χ1) is 13.7. The van der Waals surface area contributed by atoms with E-state index in [9.17, 15) is 8.78 Å². The molecular formula is C20H15F2N3O2S. The monoisotopic (exact) mass is 399 g/mol. The van der Waals surface area contributed by atoms with Crippen LogP contribution in [0.3, 0.4) is 0 Å². The fourth-order valence-electron chi connectivity index (χ4n) is 2.70. The Morgan fingerprint density at radius 1 is 1.00 bits per heavy atom. The Balaban J connectivity index is 1.73. The molecule has 0 aliphatic carbocycles. The summed E-state index contributed by atoms with van der Waals surface area (Å²) in [5.41, 5.74) is 0.769. The van der Waals surface area contributed by atoms with E-state index in [-0.39, 0.29) is 11.3 Å². The van der Waals surface area contributed by atoms with Gasteiger partial charge in [-0.25, -0.2) is 8.78 Å². The second-order valence-corrected chi connectivity index (χ2v) is 6.75. The highest BCUT2D eigenvalue weighted by Crippen LogP contribution is 2.31. The fourth-order valence-corrected chi connectivity index (χ4v) is 3.67. The van der Waals surface area contributed by atoms with Crippen LogP contribution in [0.5, 0.6) is 5.75 Å². The number of rotatable bonds is 6. The van der Waals surface area contributed by atoms with Crippen LogP contribution in [-0.4, -0.2) is 21.9 Å². The molecule has 0 atom stereocenters. The number of nitrogens with zero attached hydrogens (tertiary/aromatic N) is 3. The van der Waals surface area contributed by atoms with Gasteiger partial charge in [-0.2, -0.15) is 0 Å². The van der Waals surface area contributed by atoms with Gasteiger partial charge in [0.25, 0.3) is 0 Å². The van der Waals surface area contributed by atoms with Crippen LogP contribution in [0.25, 0.3) is 17.3 Å². The summed E-state index contributed by atoms with van der Waals surface area (Å²) in [7, 11) is 1.59. The average Bonchev–Trinajstić information content (AvgIpc) is 3.37. The van der Waals surface area contributed by atoms with E-state index in [4.69, 9.17) is 9.15 Å². The standard InChI is InChI=1S/C20H15F2N3O2S/c1-26-14-9-7-13(8-10-14)25-19(18-6-3-11-27-18)23-24-20(25)28-12-15-16(21)4-2-5-17(15)22/h2-11H,12H2,1H3. The molecule has 0 N–H and O–H groups in total. The zero-order chi connectivity index (χ0) is 19.5. The van der Waals surface area contributed by atoms with E-state index in [2.05, 4.69) is 10.2 Å². The first kappa shape index (κ1) is 18.2. The topological polar surface area (TPSA) is 53.1 Å². The average molecular weight is 399 g/mol. The van der Waals surface area contributed by atoms with Crippen LogP contribution in [-0.2, 0) is 5.75 Å². The van der Waals surface area contributed by atoms with Crippen LogP contribution in [0.2, 0.25) is 0 Å². The molecule has 0 radical (unpaired) electrons. The molecule has 0 amide bonds. The van der Waals surface area contributed by atoms with Crippen molar-refractivity contribution >= 4 is 11.8 Å². The van der Waals surface area contributed by atoms with Crippen LogP contribution in [0.1, 0.15) is 5.56 Å². The molecule has 0 aliphatic rings. The van der Waals surface area contributed by atoms with E-state index in [1.165, 1.54) is 30.0 Å². The molecule has 0 unspecified atom stereocenters. The van der Waals surface area contributed by atoms with Gasteiger partial charge in [0.15, 0.2) is 10.9 Å². The highest BCUT2D eigenvalue weighted by atomic mass is 32.2. The molecule has 0 fully saturated rings. The van der Waals surface area contributed by atoms with Crippen LogP contribution in [0.4, 0.5) is 8.78 Å². The number of halogens is 2. The summed E-state index contributed by atoms with van der Waals surface area (Å²) in [6.07, 6.45) is 1.55. The molecule has 0 spiro atoms. The van der Waals surface area contributed by atoms with Crippen molar-refractivity contribution in [3.8, 4) is 23.0 Å². The Labute approximate surface area is 164 Å². The third-order valence-electron chi connectivity index (χ3n) is 4.11. The van der Waals surface area contributed by atoms with Crippen molar-refractivity contribution in [3.05, 3.63) is 78.1 Å². The maximum absolute atomic E-state index is 14.0. The quantitative estimate of drug-likeness (QED) is 0.422. The fraction of sp³-hybridized carbons (Fsp3) is 0.100. The third kappa shape index (κ3) is 3.50. The second-order valence-electron chi connectivity index (χ2n) is 5.81. The number of methoxy groups -OCH3 is 1. The predicted octanol–water partition coefficient (Wildman–Crippen LogP) is 5.11. The Morgan fingerprint density at radius 3 is 2.39 bits per heavy atom. The molecule has 2 heterocycles. The number of furan rings is 1. The summed E-state index contributed by atoms with van der Waals surface area (Å²) in [6.45, 7) is 0. The van der Waals surface area contributed by atoms with Gasteiger partial charge in [-0.05, 0) is 48.5 Å². The van der Waals surface area contributed by atoms with Gasteiger partial charge in [0.1, 0.15) is 17.4 Å². The van der Waals surface area contributed by atoms with Gasteiger partial charge < -0.3 is 9.15 Å². The molecular weight excluding hydrogens is 384 g/mol. The lowest BCUT2D eigenvalue weighted by molar-refractivity contribution is 0.414. The van der Waals surface area contributed by atoms with Gasteiger partial charge in [-0.15, -0.1) is 10.2 Å². The molecule has 0 bridgehead atoms. The Bertz CT molecular complexity index is 1060. The van der Waals surface area contributed by atoms with Crippen molar-refractivity contribution in [1.29, 1.82) is 0 Å². The minimum absolute atomic E-state index is 0.00340. The maximum atomic E-state index is 14.0. The molecule has 28 heavy (non-hydrogen) atoms. The van der Waals surface area contributed by atoms with Crippen molar-refractivity contribution in [1.82, 2.24) is 14.8 Å². The van der Waals surface area contributed by atoms with Crippen LogP contribution in [0, 0.1) is 11.6 Å². The summed E-state index contributed by atoms with van der Waals surface area (Å²) >= 11 is 1.19. The number of hydrogen-bond donors (Lipinski definition) is 0. The Hall–Kier alpha value is -3.13. The Morgan fingerprint density at radius 2 is 1.75 bits per heavy atom. The van der Waals surface area contributed by atoms with Crippen LogP contribution in [0.15, 0.2) is 70.4 Å². The smallest absolute Gasteiger partial charge is 0.205 e. The van der Waals surface area contributed by atoms with Gasteiger partial charge in [0, 0.05) is 11.3 Å². The van der Waals surface area contributed by atoms with E-state index in [1.54, 1.807) is 30.1 Å². The predicted molar refractivity (Wildman–Crippen MR) is 102 cm³/mol. The van der Waals surface area contributed by atoms with E-state index in [0.717, 1.165) is 5.69 Å². The van der Waals surface area contributed by atoms with Gasteiger partial charge in [-0.3, -0.25) is 4.57 Å². The molecule has 0 aliphatic heterocycles. The lowest BCUT2D eigenvalue weighted by Crippen LogP contribution is -2.00. The molecule has 8 heteroatoms. The van der Waals surface area contributed by atoms with Gasteiger partial charge >= 0.3 is 0 Å². The molecule has 4 rings (SSSR count). The minimum Gasteiger partial charge on any atom is -0.497 e. The number of thioether (sulfide) groups is 1. The molecule has 5 nitrogen and oxygen atoms in total.